The molecular formula is C44H37O7S-. The summed E-state index contributed by atoms with van der Waals surface area (Å²) in [5.41, 5.74) is 4.74. The van der Waals surface area contributed by atoms with Crippen LogP contribution >= 0.6 is 0 Å². The van der Waals surface area contributed by atoms with Crippen molar-refractivity contribution in [2.75, 3.05) is 0 Å². The fraction of sp³-hybridized carbons (Fsp3) is 0.318. The molecule has 0 amide bonds. The molecule has 2 unspecified atom stereocenters. The maximum atomic E-state index is 14.9. The fourth-order valence-electron chi connectivity index (χ4n) is 11.5. The molecule has 7 aliphatic rings. The Labute approximate surface area is 302 Å². The number of rotatable bonds is 6. The van der Waals surface area contributed by atoms with Gasteiger partial charge in [-0.2, -0.15) is 0 Å². The molecule has 8 heteroatoms. The fourth-order valence-corrected chi connectivity index (χ4v) is 12.2. The Hall–Kier alpha value is -4.79. The van der Waals surface area contributed by atoms with Crippen molar-refractivity contribution >= 4 is 32.8 Å². The Morgan fingerprint density at radius 3 is 1.65 bits per heavy atom. The average Bonchev–Trinajstić information content (AvgIpc) is 3.14. The van der Waals surface area contributed by atoms with Crippen LogP contribution in [-0.2, 0) is 19.7 Å². The molecule has 5 aromatic rings. The summed E-state index contributed by atoms with van der Waals surface area (Å²) in [6, 6.07) is 33.3. The zero-order chi connectivity index (χ0) is 35.4. The predicted molar refractivity (Wildman–Crippen MR) is 193 cm³/mol. The molecule has 4 saturated carbocycles. The van der Waals surface area contributed by atoms with Crippen LogP contribution in [0.4, 0.5) is 0 Å². The standard InChI is InChI=1S/C44H38O7S/c45-42(50-36-17-18-37(52(47,48)49)29-10-2-1-9-28(29)36)41-39-32-13-5-3-11-30(32)38(31-12-4-6-14-33(31)39)40(41)34-15-7-8-16-35(34)51-43(46)44-22-25-19-26(23-44)21-27(20-25)24-44/h1-18,25-27,38-41H,19-24H2,(H,47,48,49)/p-1. The lowest BCUT2D eigenvalue weighted by atomic mass is 9.49. The Morgan fingerprint density at radius 2 is 1.08 bits per heavy atom. The third kappa shape index (κ3) is 4.83. The summed E-state index contributed by atoms with van der Waals surface area (Å²) >= 11 is 0. The van der Waals surface area contributed by atoms with Crippen LogP contribution in [0.5, 0.6) is 11.5 Å². The van der Waals surface area contributed by atoms with Gasteiger partial charge in [0.15, 0.2) is 0 Å². The van der Waals surface area contributed by atoms with Gasteiger partial charge in [-0.25, -0.2) is 8.42 Å². The number of fused-ring (bicyclic) bond motifs is 2. The van der Waals surface area contributed by atoms with Gasteiger partial charge >= 0.3 is 11.9 Å². The minimum absolute atomic E-state index is 0.139. The first kappa shape index (κ1) is 31.9. The monoisotopic (exact) mass is 709 g/mol. The molecule has 0 spiro atoms. The zero-order valence-corrected chi connectivity index (χ0v) is 29.3. The number of para-hydroxylation sites is 1. The van der Waals surface area contributed by atoms with E-state index >= 15 is 0 Å². The van der Waals surface area contributed by atoms with Crippen LogP contribution < -0.4 is 9.47 Å². The highest BCUT2D eigenvalue weighted by Gasteiger charge is 2.57. The lowest BCUT2D eigenvalue weighted by molar-refractivity contribution is -0.161. The van der Waals surface area contributed by atoms with Crippen LogP contribution in [0.2, 0.25) is 0 Å². The maximum Gasteiger partial charge on any atom is 0.317 e. The van der Waals surface area contributed by atoms with E-state index in [1.54, 1.807) is 24.3 Å². The van der Waals surface area contributed by atoms with Crippen LogP contribution in [0.15, 0.2) is 114 Å². The highest BCUT2D eigenvalue weighted by Crippen LogP contribution is 2.64. The number of carbonyl (C=O) groups is 2. The average molecular weight is 710 g/mol. The van der Waals surface area contributed by atoms with Crippen molar-refractivity contribution in [3.05, 3.63) is 137 Å². The summed E-state index contributed by atoms with van der Waals surface area (Å²) in [5, 5.41) is 0.554. The molecular weight excluding hydrogens is 673 g/mol. The normalized spacial score (nSPS) is 29.4. The van der Waals surface area contributed by atoms with Crippen molar-refractivity contribution in [2.45, 2.75) is 61.2 Å². The van der Waals surface area contributed by atoms with Crippen molar-refractivity contribution in [3.63, 3.8) is 0 Å². The Balaban J connectivity index is 1.09. The molecule has 0 aromatic heterocycles. The van der Waals surface area contributed by atoms with Gasteiger partial charge in [0, 0.05) is 28.5 Å². The van der Waals surface area contributed by atoms with Gasteiger partial charge in [0.25, 0.3) is 0 Å². The van der Waals surface area contributed by atoms with Crippen LogP contribution in [0.25, 0.3) is 10.8 Å². The van der Waals surface area contributed by atoms with Gasteiger partial charge < -0.3 is 14.0 Å². The number of benzene rings is 5. The molecule has 5 aromatic carbocycles. The largest absolute Gasteiger partial charge is 0.744 e. The second-order valence-electron chi connectivity index (χ2n) is 15.9. The van der Waals surface area contributed by atoms with E-state index in [0.29, 0.717) is 28.9 Å². The van der Waals surface area contributed by atoms with Gasteiger partial charge in [-0.3, -0.25) is 9.59 Å². The molecule has 0 aliphatic heterocycles. The van der Waals surface area contributed by atoms with E-state index in [-0.39, 0.29) is 33.8 Å². The van der Waals surface area contributed by atoms with Crippen molar-refractivity contribution in [1.29, 1.82) is 0 Å². The molecule has 4 fully saturated rings. The first-order valence-corrected chi connectivity index (χ1v) is 19.8. The van der Waals surface area contributed by atoms with E-state index in [1.165, 1.54) is 31.4 Å². The number of ether oxygens (including phenoxy) is 2. The molecule has 12 rings (SSSR count). The minimum Gasteiger partial charge on any atom is -0.744 e. The summed E-state index contributed by atoms with van der Waals surface area (Å²) < 4.78 is 49.3. The maximum absolute atomic E-state index is 14.9. The van der Waals surface area contributed by atoms with Crippen LogP contribution in [0.1, 0.15) is 84.1 Å². The molecule has 2 atom stereocenters. The van der Waals surface area contributed by atoms with Crippen LogP contribution in [-0.4, -0.2) is 24.9 Å². The Bertz CT molecular complexity index is 2330. The first-order chi connectivity index (χ1) is 25.2. The molecule has 0 saturated heterocycles. The second-order valence-corrected chi connectivity index (χ2v) is 17.2. The molecule has 7 nitrogen and oxygen atoms in total. The smallest absolute Gasteiger partial charge is 0.317 e. The van der Waals surface area contributed by atoms with E-state index in [4.69, 9.17) is 9.47 Å². The Morgan fingerprint density at radius 1 is 0.577 bits per heavy atom. The lowest BCUT2D eigenvalue weighted by Gasteiger charge is -2.55. The van der Waals surface area contributed by atoms with Gasteiger partial charge in [0.2, 0.25) is 0 Å². The summed E-state index contributed by atoms with van der Waals surface area (Å²) in [6.45, 7) is 0. The minimum atomic E-state index is -4.78. The van der Waals surface area contributed by atoms with E-state index in [1.807, 2.05) is 48.5 Å². The topological polar surface area (TPSA) is 110 Å². The van der Waals surface area contributed by atoms with Crippen molar-refractivity contribution in [3.8, 4) is 11.5 Å². The molecule has 0 N–H and O–H groups in total. The highest BCUT2D eigenvalue weighted by molar-refractivity contribution is 7.86. The third-order valence-corrected chi connectivity index (χ3v) is 13.9. The molecule has 7 aliphatic carbocycles. The molecule has 0 heterocycles. The first-order valence-electron chi connectivity index (χ1n) is 18.4. The summed E-state index contributed by atoms with van der Waals surface area (Å²) in [4.78, 5) is 28.9. The van der Waals surface area contributed by atoms with Crippen LogP contribution in [0, 0.1) is 29.1 Å². The van der Waals surface area contributed by atoms with Crippen molar-refractivity contribution in [2.24, 2.45) is 29.1 Å². The lowest BCUT2D eigenvalue weighted by Crippen LogP contribution is -2.51. The Kier molecular flexibility index (Phi) is 7.12. The van der Waals surface area contributed by atoms with E-state index < -0.39 is 33.3 Å². The van der Waals surface area contributed by atoms with Gasteiger partial charge in [-0.15, -0.1) is 0 Å². The second kappa shape index (κ2) is 11.6. The third-order valence-electron chi connectivity index (χ3n) is 13.0. The van der Waals surface area contributed by atoms with Gasteiger partial charge in [0.1, 0.15) is 21.6 Å². The van der Waals surface area contributed by atoms with Crippen molar-refractivity contribution < 1.29 is 32.0 Å². The number of hydrogen-bond acceptors (Lipinski definition) is 7. The van der Waals surface area contributed by atoms with E-state index in [9.17, 15) is 22.6 Å². The quantitative estimate of drug-likeness (QED) is 0.0989. The zero-order valence-electron chi connectivity index (χ0n) is 28.4. The van der Waals surface area contributed by atoms with E-state index in [2.05, 4.69) is 24.3 Å². The molecule has 0 radical (unpaired) electrons. The summed E-state index contributed by atoms with van der Waals surface area (Å²) in [7, 11) is -4.78. The number of hydrogen-bond donors (Lipinski definition) is 0. The van der Waals surface area contributed by atoms with Gasteiger partial charge in [0.05, 0.1) is 16.2 Å². The molecule has 262 valence electrons. The summed E-state index contributed by atoms with van der Waals surface area (Å²) in [5.74, 6) is 0.103. The van der Waals surface area contributed by atoms with Crippen LogP contribution in [0.3, 0.4) is 0 Å². The highest BCUT2D eigenvalue weighted by atomic mass is 32.2. The molecule has 52 heavy (non-hydrogen) atoms. The molecule has 6 bridgehead atoms. The number of esters is 2. The van der Waals surface area contributed by atoms with Gasteiger partial charge in [-0.1, -0.05) is 91.0 Å². The SMILES string of the molecule is O=C(Oc1ccc(S(=O)(=O)[O-])c2ccccc12)C1C2c3ccccc3C(c3ccccc32)C1c1ccccc1OC(=O)C12CC3CC(CC(C3)C1)C2. The number of carbonyl (C=O) groups excluding carboxylic acids is 2. The van der Waals surface area contributed by atoms with E-state index in [0.717, 1.165) is 47.1 Å². The summed E-state index contributed by atoms with van der Waals surface area (Å²) in [6.07, 6.45) is 6.35. The predicted octanol–water partition coefficient (Wildman–Crippen LogP) is 8.46. The van der Waals surface area contributed by atoms with Crippen molar-refractivity contribution in [1.82, 2.24) is 0 Å². The van der Waals surface area contributed by atoms with Gasteiger partial charge in [-0.05, 0) is 102 Å².